The second kappa shape index (κ2) is 9.60. The van der Waals surface area contributed by atoms with E-state index in [0.29, 0.717) is 10.0 Å². The lowest BCUT2D eigenvalue weighted by atomic mass is 10.1. The Morgan fingerprint density at radius 2 is 1.79 bits per heavy atom. The van der Waals surface area contributed by atoms with Crippen molar-refractivity contribution in [2.24, 2.45) is 0 Å². The van der Waals surface area contributed by atoms with Crippen molar-refractivity contribution >= 4 is 23.2 Å². The van der Waals surface area contributed by atoms with E-state index in [4.69, 9.17) is 23.2 Å². The lowest BCUT2D eigenvalue weighted by Gasteiger charge is -2.17. The number of halogens is 2. The van der Waals surface area contributed by atoms with Crippen molar-refractivity contribution < 1.29 is 0 Å². The van der Waals surface area contributed by atoms with Crippen LogP contribution in [0.1, 0.15) is 25.8 Å². The Morgan fingerprint density at radius 3 is 2.42 bits per heavy atom. The Kier molecular flexibility index (Phi) is 8.47. The van der Waals surface area contributed by atoms with Crippen LogP contribution in [0.15, 0.2) is 18.2 Å². The normalized spacial score (nSPS) is 11.2. The summed E-state index contributed by atoms with van der Waals surface area (Å²) in [5.74, 6) is 0. The average molecular weight is 303 g/mol. The van der Waals surface area contributed by atoms with Crippen LogP contribution in [0.4, 0.5) is 0 Å². The molecule has 0 saturated heterocycles. The summed E-state index contributed by atoms with van der Waals surface area (Å²) in [5, 5.41) is 4.73. The first-order valence-corrected chi connectivity index (χ1v) is 7.80. The number of benzene rings is 1. The van der Waals surface area contributed by atoms with Gasteiger partial charge in [0.1, 0.15) is 0 Å². The molecule has 0 bridgehead atoms. The predicted molar refractivity (Wildman–Crippen MR) is 85.4 cm³/mol. The number of nitrogens with one attached hydrogen (secondary N) is 1. The highest BCUT2D eigenvalue weighted by atomic mass is 35.5. The third-order valence-corrected chi connectivity index (χ3v) is 4.04. The van der Waals surface area contributed by atoms with E-state index in [9.17, 15) is 0 Å². The first-order chi connectivity index (χ1) is 9.17. The summed E-state index contributed by atoms with van der Waals surface area (Å²) in [6.45, 7) is 9.92. The minimum atomic E-state index is 0.623. The maximum Gasteiger partial charge on any atom is 0.0595 e. The summed E-state index contributed by atoms with van der Waals surface area (Å²) in [7, 11) is 0. The largest absolute Gasteiger partial charge is 0.316 e. The van der Waals surface area contributed by atoms with Gasteiger partial charge in [0.2, 0.25) is 0 Å². The van der Waals surface area contributed by atoms with Crippen LogP contribution in [0.3, 0.4) is 0 Å². The van der Waals surface area contributed by atoms with Crippen molar-refractivity contribution in [1.82, 2.24) is 10.2 Å². The Bertz CT molecular complexity index is 365. The van der Waals surface area contributed by atoms with Gasteiger partial charge in [0, 0.05) is 0 Å². The molecule has 1 aromatic rings. The molecule has 0 heterocycles. The molecular weight excluding hydrogens is 279 g/mol. The number of hydrogen-bond donors (Lipinski definition) is 1. The zero-order valence-corrected chi connectivity index (χ0v) is 13.4. The van der Waals surface area contributed by atoms with Crippen LogP contribution < -0.4 is 5.32 Å². The quantitative estimate of drug-likeness (QED) is 0.697. The Morgan fingerprint density at radius 1 is 1.05 bits per heavy atom. The second-order valence-corrected chi connectivity index (χ2v) is 5.44. The fourth-order valence-electron chi connectivity index (χ4n) is 2.02. The zero-order valence-electron chi connectivity index (χ0n) is 11.9. The van der Waals surface area contributed by atoms with Crippen LogP contribution >= 0.6 is 23.2 Å². The molecule has 0 unspecified atom stereocenters. The van der Waals surface area contributed by atoms with Gasteiger partial charge in [0.25, 0.3) is 0 Å². The number of nitrogens with zero attached hydrogens (tertiary/aromatic N) is 1. The third kappa shape index (κ3) is 6.62. The van der Waals surface area contributed by atoms with E-state index in [1.807, 2.05) is 18.2 Å². The van der Waals surface area contributed by atoms with Gasteiger partial charge in [-0.3, -0.25) is 0 Å². The van der Waals surface area contributed by atoms with Crippen LogP contribution in [0.25, 0.3) is 0 Å². The van der Waals surface area contributed by atoms with Crippen LogP contribution in [0.5, 0.6) is 0 Å². The summed E-state index contributed by atoms with van der Waals surface area (Å²) in [4.78, 5) is 2.45. The molecule has 19 heavy (non-hydrogen) atoms. The number of rotatable bonds is 9. The Balaban J connectivity index is 2.12. The molecule has 1 N–H and O–H groups in total. The average Bonchev–Trinajstić information content (AvgIpc) is 2.42. The smallest absolute Gasteiger partial charge is 0.0595 e. The maximum atomic E-state index is 5.99. The third-order valence-electron chi connectivity index (χ3n) is 3.30. The summed E-state index contributed by atoms with van der Waals surface area (Å²) < 4.78 is 0. The molecule has 0 aliphatic heterocycles. The second-order valence-electron chi connectivity index (χ2n) is 4.63. The summed E-state index contributed by atoms with van der Waals surface area (Å²) in [6.07, 6.45) is 2.19. The monoisotopic (exact) mass is 302 g/mol. The maximum absolute atomic E-state index is 5.99. The molecular formula is C15H24Cl2N2. The predicted octanol–water partition coefficient (Wildman–Crippen LogP) is 3.86. The topological polar surface area (TPSA) is 15.3 Å². The summed E-state index contributed by atoms with van der Waals surface area (Å²) in [6, 6.07) is 5.84. The summed E-state index contributed by atoms with van der Waals surface area (Å²) >= 11 is 11.9. The molecule has 0 amide bonds. The van der Waals surface area contributed by atoms with Gasteiger partial charge in [0.15, 0.2) is 0 Å². The van der Waals surface area contributed by atoms with Gasteiger partial charge in [-0.15, -0.1) is 0 Å². The van der Waals surface area contributed by atoms with Crippen LogP contribution in [0, 0.1) is 0 Å². The van der Waals surface area contributed by atoms with E-state index in [1.54, 1.807) is 0 Å². The van der Waals surface area contributed by atoms with Gasteiger partial charge in [-0.05, 0) is 63.3 Å². The molecule has 0 saturated carbocycles. The van der Waals surface area contributed by atoms with E-state index in [2.05, 4.69) is 24.1 Å². The van der Waals surface area contributed by atoms with E-state index in [-0.39, 0.29) is 0 Å². The van der Waals surface area contributed by atoms with Crippen molar-refractivity contribution in [3.63, 3.8) is 0 Å². The SMILES string of the molecule is CCN(CC)CCCNCCc1ccc(Cl)c(Cl)c1. The lowest BCUT2D eigenvalue weighted by Crippen LogP contribution is -2.27. The lowest BCUT2D eigenvalue weighted by molar-refractivity contribution is 0.298. The molecule has 2 nitrogen and oxygen atoms in total. The molecule has 0 aromatic heterocycles. The van der Waals surface area contributed by atoms with Gasteiger partial charge in [-0.2, -0.15) is 0 Å². The fourth-order valence-corrected chi connectivity index (χ4v) is 2.34. The van der Waals surface area contributed by atoms with E-state index in [0.717, 1.165) is 32.6 Å². The van der Waals surface area contributed by atoms with E-state index in [1.165, 1.54) is 18.5 Å². The molecule has 1 rings (SSSR count). The Labute approximate surface area is 127 Å². The standard InChI is InChI=1S/C15H24Cl2N2/c1-3-19(4-2)11-5-9-18-10-8-13-6-7-14(16)15(17)12-13/h6-7,12,18H,3-5,8-11H2,1-2H3. The van der Waals surface area contributed by atoms with Crippen molar-refractivity contribution in [3.05, 3.63) is 33.8 Å². The highest BCUT2D eigenvalue weighted by molar-refractivity contribution is 6.42. The van der Waals surface area contributed by atoms with Crippen molar-refractivity contribution in [2.45, 2.75) is 26.7 Å². The van der Waals surface area contributed by atoms with Crippen molar-refractivity contribution in [1.29, 1.82) is 0 Å². The summed E-state index contributed by atoms with van der Waals surface area (Å²) in [5.41, 5.74) is 1.23. The van der Waals surface area contributed by atoms with Crippen molar-refractivity contribution in [3.8, 4) is 0 Å². The van der Waals surface area contributed by atoms with Gasteiger partial charge < -0.3 is 10.2 Å². The highest BCUT2D eigenvalue weighted by Crippen LogP contribution is 2.22. The molecule has 4 heteroatoms. The van der Waals surface area contributed by atoms with Gasteiger partial charge in [0.05, 0.1) is 10.0 Å². The van der Waals surface area contributed by atoms with Crippen LogP contribution in [-0.4, -0.2) is 37.6 Å². The van der Waals surface area contributed by atoms with Crippen molar-refractivity contribution in [2.75, 3.05) is 32.7 Å². The first-order valence-electron chi connectivity index (χ1n) is 7.04. The Hall–Kier alpha value is -0.280. The molecule has 0 atom stereocenters. The van der Waals surface area contributed by atoms with Gasteiger partial charge in [-0.1, -0.05) is 43.1 Å². The molecule has 0 radical (unpaired) electrons. The molecule has 0 aliphatic rings. The molecule has 1 aromatic carbocycles. The van der Waals surface area contributed by atoms with E-state index >= 15 is 0 Å². The number of hydrogen-bond acceptors (Lipinski definition) is 2. The van der Waals surface area contributed by atoms with Crippen LogP contribution in [-0.2, 0) is 6.42 Å². The van der Waals surface area contributed by atoms with Gasteiger partial charge in [-0.25, -0.2) is 0 Å². The highest BCUT2D eigenvalue weighted by Gasteiger charge is 2.00. The molecule has 0 spiro atoms. The minimum Gasteiger partial charge on any atom is -0.316 e. The van der Waals surface area contributed by atoms with E-state index < -0.39 is 0 Å². The minimum absolute atomic E-state index is 0.623. The molecule has 0 fully saturated rings. The van der Waals surface area contributed by atoms with Gasteiger partial charge >= 0.3 is 0 Å². The fraction of sp³-hybridized carbons (Fsp3) is 0.600. The van der Waals surface area contributed by atoms with Crippen LogP contribution in [0.2, 0.25) is 10.0 Å². The first kappa shape index (κ1) is 16.8. The molecule has 0 aliphatic carbocycles. The zero-order chi connectivity index (χ0) is 14.1. The molecule has 108 valence electrons.